The summed E-state index contributed by atoms with van der Waals surface area (Å²) in [4.78, 5) is 24.1. The Bertz CT molecular complexity index is 1080. The van der Waals surface area contributed by atoms with Crippen LogP contribution in [0, 0.1) is 6.92 Å². The first-order valence-electron chi connectivity index (χ1n) is 11.2. The van der Waals surface area contributed by atoms with Gasteiger partial charge in [-0.1, -0.05) is 32.9 Å². The molecule has 1 fully saturated rings. The zero-order valence-corrected chi connectivity index (χ0v) is 19.3. The summed E-state index contributed by atoms with van der Waals surface area (Å²) in [6, 6.07) is 17.4. The third-order valence-electron chi connectivity index (χ3n) is 5.68. The number of nitrogens with one attached hydrogen (secondary N) is 2. The van der Waals surface area contributed by atoms with Crippen molar-refractivity contribution in [1.82, 2.24) is 9.97 Å². The summed E-state index contributed by atoms with van der Waals surface area (Å²) in [5, 5.41) is 6.24. The molecule has 0 atom stereocenters. The number of hydrogen-bond acceptors (Lipinski definition) is 5. The van der Waals surface area contributed by atoms with E-state index in [1.54, 1.807) is 0 Å². The van der Waals surface area contributed by atoms with Crippen LogP contribution in [0.2, 0.25) is 0 Å². The zero-order valence-electron chi connectivity index (χ0n) is 19.3. The number of nitrogens with zero attached hydrogens (tertiary/aromatic N) is 3. The Morgan fingerprint density at radius 2 is 1.53 bits per heavy atom. The summed E-state index contributed by atoms with van der Waals surface area (Å²) in [6.45, 7) is 10.6. The summed E-state index contributed by atoms with van der Waals surface area (Å²) in [7, 11) is 0. The molecule has 166 valence electrons. The van der Waals surface area contributed by atoms with E-state index in [9.17, 15) is 4.79 Å². The van der Waals surface area contributed by atoms with Gasteiger partial charge >= 0.3 is 0 Å². The fourth-order valence-electron chi connectivity index (χ4n) is 3.81. The second kappa shape index (κ2) is 8.99. The number of aryl methyl sites for hydroxylation is 1. The van der Waals surface area contributed by atoms with Gasteiger partial charge in [0.1, 0.15) is 5.82 Å². The number of anilines is 4. The third kappa shape index (κ3) is 5.25. The summed E-state index contributed by atoms with van der Waals surface area (Å²) < 4.78 is 0. The van der Waals surface area contributed by atoms with Crippen LogP contribution in [-0.4, -0.2) is 29.0 Å². The molecule has 1 aliphatic rings. The van der Waals surface area contributed by atoms with Crippen LogP contribution in [0.15, 0.2) is 54.6 Å². The van der Waals surface area contributed by atoms with Crippen molar-refractivity contribution in [3.05, 3.63) is 71.4 Å². The van der Waals surface area contributed by atoms with Crippen molar-refractivity contribution in [3.63, 3.8) is 0 Å². The number of hydrogen-bond donors (Lipinski definition) is 2. The first-order valence-corrected chi connectivity index (χ1v) is 11.2. The number of carbonyl (C=O) groups is 1. The highest BCUT2D eigenvalue weighted by Crippen LogP contribution is 2.24. The smallest absolute Gasteiger partial charge is 0.255 e. The lowest BCUT2D eigenvalue weighted by molar-refractivity contribution is 0.102. The summed E-state index contributed by atoms with van der Waals surface area (Å²) in [5.74, 6) is 1.44. The fraction of sp³-hybridized carbons (Fsp3) is 0.346. The van der Waals surface area contributed by atoms with Crippen LogP contribution in [0.3, 0.4) is 0 Å². The maximum Gasteiger partial charge on any atom is 0.255 e. The van der Waals surface area contributed by atoms with Crippen molar-refractivity contribution in [2.45, 2.75) is 46.0 Å². The molecule has 2 heterocycles. The average molecular weight is 430 g/mol. The molecule has 2 aromatic carbocycles. The third-order valence-corrected chi connectivity index (χ3v) is 5.68. The van der Waals surface area contributed by atoms with Gasteiger partial charge in [0.05, 0.1) is 0 Å². The van der Waals surface area contributed by atoms with Gasteiger partial charge in [0.25, 0.3) is 5.91 Å². The zero-order chi connectivity index (χ0) is 22.7. The van der Waals surface area contributed by atoms with Crippen molar-refractivity contribution in [1.29, 1.82) is 0 Å². The van der Waals surface area contributed by atoms with Gasteiger partial charge in [0.15, 0.2) is 0 Å². The van der Waals surface area contributed by atoms with Gasteiger partial charge in [-0.2, -0.15) is 4.98 Å². The Morgan fingerprint density at radius 1 is 0.906 bits per heavy atom. The topological polar surface area (TPSA) is 70.2 Å². The Hall–Kier alpha value is -3.41. The summed E-state index contributed by atoms with van der Waals surface area (Å²) in [6.07, 6.45) is 2.42. The van der Waals surface area contributed by atoms with Crippen molar-refractivity contribution >= 4 is 29.0 Å². The number of amides is 1. The molecule has 1 aromatic heterocycles. The molecule has 0 saturated carbocycles. The first-order chi connectivity index (χ1) is 15.3. The maximum atomic E-state index is 12.6. The molecule has 4 rings (SSSR count). The molecule has 1 saturated heterocycles. The lowest BCUT2D eigenvalue weighted by Gasteiger charge is -2.19. The number of aromatic nitrogens is 2. The van der Waals surface area contributed by atoms with Crippen LogP contribution in [-0.2, 0) is 5.41 Å². The second-order valence-electron chi connectivity index (χ2n) is 9.37. The van der Waals surface area contributed by atoms with Gasteiger partial charge in [-0.3, -0.25) is 4.79 Å². The fourth-order valence-corrected chi connectivity index (χ4v) is 3.81. The minimum absolute atomic E-state index is 0.0636. The van der Waals surface area contributed by atoms with Gasteiger partial charge in [-0.15, -0.1) is 0 Å². The van der Waals surface area contributed by atoms with Gasteiger partial charge in [-0.05, 0) is 67.1 Å². The van der Waals surface area contributed by atoms with Crippen molar-refractivity contribution in [3.8, 4) is 0 Å². The second-order valence-corrected chi connectivity index (χ2v) is 9.37. The molecule has 0 unspecified atom stereocenters. The standard InChI is InChI=1S/C26H31N5O/c1-18-17-23(31-15-5-6-16-31)30-25(27-18)29-22-13-11-21(12-14-22)28-24(32)19-7-9-20(10-8-19)26(2,3)4/h7-14,17H,5-6,15-16H2,1-4H3,(H,28,32)(H,27,29,30). The number of rotatable bonds is 5. The van der Waals surface area contributed by atoms with Crippen LogP contribution >= 0.6 is 0 Å². The van der Waals surface area contributed by atoms with E-state index in [1.807, 2.05) is 61.5 Å². The molecule has 6 heteroatoms. The van der Waals surface area contributed by atoms with Crippen LogP contribution in [0.1, 0.15) is 55.2 Å². The Labute approximate surface area is 190 Å². The highest BCUT2D eigenvalue weighted by atomic mass is 16.1. The maximum absolute atomic E-state index is 12.6. The predicted octanol–water partition coefficient (Wildman–Crippen LogP) is 5.68. The predicted molar refractivity (Wildman–Crippen MR) is 131 cm³/mol. The van der Waals surface area contributed by atoms with E-state index in [0.29, 0.717) is 11.5 Å². The van der Waals surface area contributed by atoms with Gasteiger partial charge in [0, 0.05) is 41.8 Å². The summed E-state index contributed by atoms with van der Waals surface area (Å²) >= 11 is 0. The molecule has 32 heavy (non-hydrogen) atoms. The van der Waals surface area contributed by atoms with Crippen LogP contribution in [0.5, 0.6) is 0 Å². The molecule has 1 amide bonds. The van der Waals surface area contributed by atoms with Gasteiger partial charge in [0.2, 0.25) is 5.95 Å². The highest BCUT2D eigenvalue weighted by Gasteiger charge is 2.16. The van der Waals surface area contributed by atoms with E-state index in [2.05, 4.69) is 46.3 Å². The van der Waals surface area contributed by atoms with E-state index < -0.39 is 0 Å². The lowest BCUT2D eigenvalue weighted by Crippen LogP contribution is -2.19. The van der Waals surface area contributed by atoms with Crippen molar-refractivity contribution < 1.29 is 4.79 Å². The van der Waals surface area contributed by atoms with Crippen LogP contribution in [0.4, 0.5) is 23.1 Å². The van der Waals surface area contributed by atoms with Gasteiger partial charge < -0.3 is 15.5 Å². The molecular formula is C26H31N5O. The average Bonchev–Trinajstić information content (AvgIpc) is 3.29. The number of benzene rings is 2. The largest absolute Gasteiger partial charge is 0.356 e. The van der Waals surface area contributed by atoms with Crippen LogP contribution < -0.4 is 15.5 Å². The van der Waals surface area contributed by atoms with E-state index >= 15 is 0 Å². The molecule has 6 nitrogen and oxygen atoms in total. The molecule has 1 aliphatic heterocycles. The first kappa shape index (κ1) is 21.8. The van der Waals surface area contributed by atoms with Gasteiger partial charge in [-0.25, -0.2) is 4.98 Å². The number of carbonyl (C=O) groups excluding carboxylic acids is 1. The van der Waals surface area contributed by atoms with E-state index in [4.69, 9.17) is 0 Å². The van der Waals surface area contributed by atoms with E-state index in [0.717, 1.165) is 36.0 Å². The molecule has 0 aliphatic carbocycles. The Morgan fingerprint density at radius 3 is 2.16 bits per heavy atom. The molecule has 3 aromatic rings. The molecule has 0 bridgehead atoms. The SMILES string of the molecule is Cc1cc(N2CCCC2)nc(Nc2ccc(NC(=O)c3ccc(C(C)(C)C)cc3)cc2)n1. The summed E-state index contributed by atoms with van der Waals surface area (Å²) in [5.41, 5.74) is 4.46. The monoisotopic (exact) mass is 429 g/mol. The van der Waals surface area contributed by atoms with E-state index in [-0.39, 0.29) is 11.3 Å². The minimum Gasteiger partial charge on any atom is -0.356 e. The molecule has 2 N–H and O–H groups in total. The van der Waals surface area contributed by atoms with Crippen LogP contribution in [0.25, 0.3) is 0 Å². The van der Waals surface area contributed by atoms with Crippen molar-refractivity contribution in [2.75, 3.05) is 28.6 Å². The molecular weight excluding hydrogens is 398 g/mol. The highest BCUT2D eigenvalue weighted by molar-refractivity contribution is 6.04. The lowest BCUT2D eigenvalue weighted by atomic mass is 9.87. The molecule has 0 radical (unpaired) electrons. The van der Waals surface area contributed by atoms with Crippen molar-refractivity contribution in [2.24, 2.45) is 0 Å². The Balaban J connectivity index is 1.41. The quantitative estimate of drug-likeness (QED) is 0.546. The normalized spacial score (nSPS) is 13.8. The molecule has 0 spiro atoms. The van der Waals surface area contributed by atoms with E-state index in [1.165, 1.54) is 18.4 Å². The minimum atomic E-state index is -0.122. The Kier molecular flexibility index (Phi) is 6.12.